The maximum atomic E-state index is 14.5. The molecule has 0 radical (unpaired) electrons. The van der Waals surface area contributed by atoms with Gasteiger partial charge in [-0.3, -0.25) is 0 Å². The third-order valence-corrected chi connectivity index (χ3v) is 6.86. The number of carbonyl (C=O) groups is 1. The Morgan fingerprint density at radius 1 is 1.00 bits per heavy atom. The molecule has 1 aliphatic heterocycles. The van der Waals surface area contributed by atoms with Crippen LogP contribution in [0.1, 0.15) is 28.6 Å². The molecule has 0 saturated carbocycles. The zero-order valence-electron chi connectivity index (χ0n) is 20.0. The summed E-state index contributed by atoms with van der Waals surface area (Å²) in [4.78, 5) is 15.6. The first kappa shape index (κ1) is 23.1. The van der Waals surface area contributed by atoms with Gasteiger partial charge >= 0.3 is 6.03 Å². The lowest BCUT2D eigenvalue weighted by Gasteiger charge is -2.31. The molecule has 1 atom stereocenters. The number of amides is 2. The molecule has 0 bridgehead atoms. The van der Waals surface area contributed by atoms with Crippen molar-refractivity contribution in [1.29, 1.82) is 0 Å². The number of rotatable bonds is 3. The van der Waals surface area contributed by atoms with Crippen LogP contribution in [-0.2, 0) is 6.54 Å². The van der Waals surface area contributed by atoms with Crippen LogP contribution < -0.4 is 5.32 Å². The van der Waals surface area contributed by atoms with Crippen molar-refractivity contribution < 1.29 is 9.18 Å². The molecule has 6 rings (SSSR count). The molecule has 3 heterocycles. The number of anilines is 1. The minimum atomic E-state index is -0.498. The lowest BCUT2D eigenvalue weighted by atomic mass is 10.0. The number of urea groups is 1. The number of aryl methyl sites for hydroxylation is 1. The first-order valence-corrected chi connectivity index (χ1v) is 12.3. The lowest BCUT2D eigenvalue weighted by Crippen LogP contribution is -2.38. The Balaban J connectivity index is 1.55. The molecule has 8 heteroatoms. The third kappa shape index (κ3) is 4.07. The van der Waals surface area contributed by atoms with Gasteiger partial charge in [0, 0.05) is 16.8 Å². The fourth-order valence-corrected chi connectivity index (χ4v) is 5.13. The van der Waals surface area contributed by atoms with E-state index in [-0.39, 0.29) is 12.2 Å². The van der Waals surface area contributed by atoms with Crippen molar-refractivity contribution in [3.63, 3.8) is 0 Å². The molecule has 0 unspecified atom stereocenters. The minimum absolute atomic E-state index is 0.119. The Hall–Kier alpha value is -4.36. The number of benzene rings is 3. The van der Waals surface area contributed by atoms with Gasteiger partial charge in [0.25, 0.3) is 0 Å². The smallest absolute Gasteiger partial charge is 0.307 e. The largest absolute Gasteiger partial charge is 0.323 e. The lowest BCUT2D eigenvalue weighted by molar-refractivity contribution is 0.194. The Morgan fingerprint density at radius 2 is 1.78 bits per heavy atom. The van der Waals surface area contributed by atoms with Gasteiger partial charge in [-0.25, -0.2) is 13.9 Å². The van der Waals surface area contributed by atoms with Gasteiger partial charge in [0.05, 0.1) is 35.3 Å². The highest BCUT2D eigenvalue weighted by Crippen LogP contribution is 2.39. The molecule has 2 amide bonds. The second kappa shape index (κ2) is 9.26. The molecule has 5 aromatic rings. The van der Waals surface area contributed by atoms with Crippen molar-refractivity contribution >= 4 is 23.3 Å². The standard InChI is InChI=1S/C29H23ClFN5O/c1-19-23-18-35(29(37)32-25-14-6-5-13-24(25)31)27(20-9-7-10-21(30)17-20)26-15-8-16-34(26)28(23)36(33-19)22-11-3-2-4-12-22/h2-17,27H,18H2,1H3,(H,32,37)/t27-/m0/s1. The molecule has 37 heavy (non-hydrogen) atoms. The van der Waals surface area contributed by atoms with Crippen LogP contribution in [0.25, 0.3) is 11.5 Å². The third-order valence-electron chi connectivity index (χ3n) is 6.63. The summed E-state index contributed by atoms with van der Waals surface area (Å²) in [6, 6.07) is 26.5. The quantitative estimate of drug-likeness (QED) is 0.286. The summed E-state index contributed by atoms with van der Waals surface area (Å²) in [5, 5.41) is 8.19. The number of para-hydroxylation sites is 2. The molecule has 0 spiro atoms. The number of aromatic nitrogens is 3. The zero-order chi connectivity index (χ0) is 25.5. The van der Waals surface area contributed by atoms with E-state index in [0.29, 0.717) is 5.02 Å². The minimum Gasteiger partial charge on any atom is -0.307 e. The summed E-state index contributed by atoms with van der Waals surface area (Å²) in [6.07, 6.45) is 1.98. The molecular weight excluding hydrogens is 489 g/mol. The highest BCUT2D eigenvalue weighted by Gasteiger charge is 2.36. The highest BCUT2D eigenvalue weighted by atomic mass is 35.5. The second-order valence-electron chi connectivity index (χ2n) is 8.93. The predicted molar refractivity (Wildman–Crippen MR) is 142 cm³/mol. The molecule has 1 N–H and O–H groups in total. The summed E-state index contributed by atoms with van der Waals surface area (Å²) >= 11 is 6.39. The van der Waals surface area contributed by atoms with E-state index in [1.165, 1.54) is 6.07 Å². The van der Waals surface area contributed by atoms with Crippen molar-refractivity contribution in [3.05, 3.63) is 131 Å². The maximum absolute atomic E-state index is 14.5. The van der Waals surface area contributed by atoms with Crippen LogP contribution in [0.2, 0.25) is 5.02 Å². The Labute approximate surface area is 218 Å². The van der Waals surface area contributed by atoms with Crippen LogP contribution >= 0.6 is 11.6 Å². The highest BCUT2D eigenvalue weighted by molar-refractivity contribution is 6.30. The van der Waals surface area contributed by atoms with E-state index in [0.717, 1.165) is 34.0 Å². The molecule has 6 nitrogen and oxygen atoms in total. The Bertz CT molecular complexity index is 1610. The van der Waals surface area contributed by atoms with Gasteiger partial charge in [-0.15, -0.1) is 0 Å². The van der Waals surface area contributed by atoms with E-state index in [2.05, 4.69) is 9.88 Å². The van der Waals surface area contributed by atoms with Crippen molar-refractivity contribution in [2.75, 3.05) is 5.32 Å². The topological polar surface area (TPSA) is 55.1 Å². The average Bonchev–Trinajstić information content (AvgIpc) is 3.46. The maximum Gasteiger partial charge on any atom is 0.323 e. The number of nitrogens with one attached hydrogen (secondary N) is 1. The fourth-order valence-electron chi connectivity index (χ4n) is 4.93. The van der Waals surface area contributed by atoms with E-state index in [1.807, 2.05) is 78.5 Å². The van der Waals surface area contributed by atoms with E-state index < -0.39 is 17.9 Å². The molecule has 0 fully saturated rings. The summed E-state index contributed by atoms with van der Waals surface area (Å²) in [5.41, 5.74) is 4.44. The molecule has 3 aromatic carbocycles. The average molecular weight is 512 g/mol. The van der Waals surface area contributed by atoms with Crippen LogP contribution in [0.15, 0.2) is 97.2 Å². The number of hydrogen-bond donors (Lipinski definition) is 1. The number of hydrogen-bond acceptors (Lipinski definition) is 2. The second-order valence-corrected chi connectivity index (χ2v) is 9.37. The van der Waals surface area contributed by atoms with Crippen LogP contribution in [-0.4, -0.2) is 25.3 Å². The number of nitrogens with zero attached hydrogens (tertiary/aromatic N) is 4. The molecule has 1 aliphatic rings. The van der Waals surface area contributed by atoms with E-state index in [9.17, 15) is 9.18 Å². The first-order chi connectivity index (χ1) is 18.0. The van der Waals surface area contributed by atoms with E-state index >= 15 is 0 Å². The van der Waals surface area contributed by atoms with Gasteiger partial charge in [0.15, 0.2) is 0 Å². The Morgan fingerprint density at radius 3 is 2.57 bits per heavy atom. The molecule has 184 valence electrons. The SMILES string of the molecule is Cc1nn(-c2ccccc2)c2c1CN(C(=O)Nc1ccccc1F)[C@@H](c1cccc(Cl)c1)c1cccn1-2. The van der Waals surface area contributed by atoms with Crippen molar-refractivity contribution in [2.24, 2.45) is 0 Å². The number of carbonyl (C=O) groups excluding carboxylic acids is 1. The van der Waals surface area contributed by atoms with Crippen LogP contribution in [0.4, 0.5) is 14.9 Å². The predicted octanol–water partition coefficient (Wildman–Crippen LogP) is 6.90. The molecular formula is C29H23ClFN5O. The number of halogens is 2. The fraction of sp³-hybridized carbons (Fsp3) is 0.103. The van der Waals surface area contributed by atoms with Gasteiger partial charge in [-0.2, -0.15) is 5.10 Å². The van der Waals surface area contributed by atoms with E-state index in [4.69, 9.17) is 16.7 Å². The van der Waals surface area contributed by atoms with Gasteiger partial charge < -0.3 is 14.8 Å². The van der Waals surface area contributed by atoms with E-state index in [1.54, 1.807) is 29.2 Å². The van der Waals surface area contributed by atoms with Crippen LogP contribution in [0.3, 0.4) is 0 Å². The molecule has 0 aliphatic carbocycles. The van der Waals surface area contributed by atoms with Crippen molar-refractivity contribution in [1.82, 2.24) is 19.2 Å². The monoisotopic (exact) mass is 511 g/mol. The summed E-state index contributed by atoms with van der Waals surface area (Å²) in [5.74, 6) is 0.360. The number of fused-ring (bicyclic) bond motifs is 3. The van der Waals surface area contributed by atoms with Gasteiger partial charge in [0.1, 0.15) is 11.6 Å². The Kier molecular flexibility index (Phi) is 5.77. The molecule has 0 saturated heterocycles. The zero-order valence-corrected chi connectivity index (χ0v) is 20.7. The van der Waals surface area contributed by atoms with Crippen molar-refractivity contribution in [2.45, 2.75) is 19.5 Å². The summed E-state index contributed by atoms with van der Waals surface area (Å²) in [6.45, 7) is 2.20. The van der Waals surface area contributed by atoms with Crippen molar-refractivity contribution in [3.8, 4) is 11.5 Å². The van der Waals surface area contributed by atoms with Gasteiger partial charge in [0.2, 0.25) is 0 Å². The van der Waals surface area contributed by atoms with Crippen LogP contribution in [0.5, 0.6) is 0 Å². The van der Waals surface area contributed by atoms with Gasteiger partial charge in [-0.05, 0) is 61.0 Å². The normalized spacial score (nSPS) is 14.6. The van der Waals surface area contributed by atoms with Crippen LogP contribution in [0, 0.1) is 12.7 Å². The molecule has 2 aromatic heterocycles. The summed E-state index contributed by atoms with van der Waals surface area (Å²) < 4.78 is 18.5. The summed E-state index contributed by atoms with van der Waals surface area (Å²) in [7, 11) is 0. The first-order valence-electron chi connectivity index (χ1n) is 11.9. The van der Waals surface area contributed by atoms with Gasteiger partial charge in [-0.1, -0.05) is 54.1 Å².